The van der Waals surface area contributed by atoms with E-state index >= 15 is 0 Å². The second kappa shape index (κ2) is 8.61. The van der Waals surface area contributed by atoms with Crippen molar-refractivity contribution in [1.29, 1.82) is 0 Å². The van der Waals surface area contributed by atoms with Crippen LogP contribution in [-0.2, 0) is 0 Å². The van der Waals surface area contributed by atoms with Gasteiger partial charge in [-0.15, -0.1) is 0 Å². The van der Waals surface area contributed by atoms with Gasteiger partial charge in [0.15, 0.2) is 0 Å². The van der Waals surface area contributed by atoms with Gasteiger partial charge in [-0.25, -0.2) is 4.39 Å². The molecule has 0 spiro atoms. The third-order valence-corrected chi connectivity index (χ3v) is 6.11. The van der Waals surface area contributed by atoms with Crippen molar-refractivity contribution in [1.82, 2.24) is 5.32 Å². The molecule has 0 saturated carbocycles. The zero-order chi connectivity index (χ0) is 20.5. The number of hydrogen-bond donors (Lipinski definition) is 1. The lowest BCUT2D eigenvalue weighted by molar-refractivity contribution is 0.281. The van der Waals surface area contributed by atoms with E-state index in [1.54, 1.807) is 6.07 Å². The summed E-state index contributed by atoms with van der Waals surface area (Å²) in [7, 11) is 2.07. The van der Waals surface area contributed by atoms with Crippen LogP contribution in [0.2, 0.25) is 10.0 Å². The molecule has 2 aromatic rings. The molecule has 2 aromatic carbocycles. The average molecular weight is 423 g/mol. The normalized spacial score (nSPS) is 22.5. The van der Waals surface area contributed by atoms with Crippen LogP contribution >= 0.6 is 23.2 Å². The van der Waals surface area contributed by atoms with Crippen LogP contribution in [0.25, 0.3) is 0 Å². The van der Waals surface area contributed by atoms with Gasteiger partial charge in [0.2, 0.25) is 0 Å². The Morgan fingerprint density at radius 3 is 2.54 bits per heavy atom. The second-order valence-corrected chi connectivity index (χ2v) is 9.90. The molecule has 2 nitrogen and oxygen atoms in total. The van der Waals surface area contributed by atoms with Crippen molar-refractivity contribution < 1.29 is 4.39 Å². The van der Waals surface area contributed by atoms with Crippen molar-refractivity contribution in [3.8, 4) is 0 Å². The third kappa shape index (κ3) is 5.00. The maximum atomic E-state index is 14.8. The van der Waals surface area contributed by atoms with E-state index < -0.39 is 0 Å². The van der Waals surface area contributed by atoms with Gasteiger partial charge in [0, 0.05) is 42.8 Å². The molecule has 3 unspecified atom stereocenters. The van der Waals surface area contributed by atoms with E-state index in [1.165, 1.54) is 0 Å². The van der Waals surface area contributed by atoms with Gasteiger partial charge in [0.05, 0.1) is 5.02 Å². The van der Waals surface area contributed by atoms with Gasteiger partial charge in [-0.2, -0.15) is 0 Å². The maximum absolute atomic E-state index is 14.8. The van der Waals surface area contributed by atoms with Crippen LogP contribution in [0, 0.1) is 17.2 Å². The quantitative estimate of drug-likeness (QED) is 0.601. The number of rotatable bonds is 5. The summed E-state index contributed by atoms with van der Waals surface area (Å²) in [5.41, 5.74) is 1.96. The summed E-state index contributed by atoms with van der Waals surface area (Å²) in [4.78, 5) is 2.22. The van der Waals surface area contributed by atoms with E-state index in [1.807, 2.05) is 30.3 Å². The first-order valence-electron chi connectivity index (χ1n) is 9.80. The van der Waals surface area contributed by atoms with Gasteiger partial charge in [-0.3, -0.25) is 0 Å². The Morgan fingerprint density at radius 1 is 1.14 bits per heavy atom. The predicted octanol–water partition coefficient (Wildman–Crippen LogP) is 6.38. The number of hydrogen-bond acceptors (Lipinski definition) is 2. The first-order chi connectivity index (χ1) is 13.2. The third-order valence-electron chi connectivity index (χ3n) is 5.58. The molecule has 1 saturated heterocycles. The summed E-state index contributed by atoms with van der Waals surface area (Å²) < 4.78 is 14.8. The van der Waals surface area contributed by atoms with Crippen molar-refractivity contribution in [3.05, 3.63) is 63.9 Å². The predicted molar refractivity (Wildman–Crippen MR) is 118 cm³/mol. The highest BCUT2D eigenvalue weighted by Gasteiger charge is 2.40. The molecule has 0 aliphatic carbocycles. The highest BCUT2D eigenvalue weighted by Crippen LogP contribution is 2.39. The molecule has 1 heterocycles. The molecule has 1 aliphatic rings. The number of nitrogens with one attached hydrogen (secondary N) is 1. The minimum absolute atomic E-state index is 0.0766. The van der Waals surface area contributed by atoms with Crippen LogP contribution in [0.15, 0.2) is 42.5 Å². The highest BCUT2D eigenvalue weighted by atomic mass is 35.5. The Morgan fingerprint density at radius 2 is 1.86 bits per heavy atom. The maximum Gasteiger partial charge on any atom is 0.145 e. The van der Waals surface area contributed by atoms with Crippen molar-refractivity contribution in [2.24, 2.45) is 11.3 Å². The fourth-order valence-corrected chi connectivity index (χ4v) is 4.65. The molecule has 3 atom stereocenters. The van der Waals surface area contributed by atoms with Gasteiger partial charge in [-0.05, 0) is 47.6 Å². The molecular formula is C23H29Cl2FN2. The van der Waals surface area contributed by atoms with Crippen LogP contribution in [0.4, 0.5) is 10.1 Å². The fraction of sp³-hybridized carbons (Fsp3) is 0.478. The van der Waals surface area contributed by atoms with Crippen LogP contribution in [0.5, 0.6) is 0 Å². The van der Waals surface area contributed by atoms with Crippen LogP contribution in [-0.4, -0.2) is 26.2 Å². The van der Waals surface area contributed by atoms with E-state index in [0.29, 0.717) is 11.6 Å². The molecule has 0 radical (unpaired) electrons. The average Bonchev–Trinajstić information content (AvgIpc) is 2.98. The van der Waals surface area contributed by atoms with E-state index in [0.717, 1.165) is 30.2 Å². The first-order valence-corrected chi connectivity index (χ1v) is 10.6. The van der Waals surface area contributed by atoms with Gasteiger partial charge in [0.1, 0.15) is 5.82 Å². The Kier molecular flexibility index (Phi) is 6.58. The molecule has 1 N–H and O–H groups in total. The summed E-state index contributed by atoms with van der Waals surface area (Å²) in [5, 5.41) is 4.58. The summed E-state index contributed by atoms with van der Waals surface area (Å²) >= 11 is 12.3. The van der Waals surface area contributed by atoms with Gasteiger partial charge in [0.25, 0.3) is 0 Å². The molecule has 1 aliphatic heterocycles. The SMILES string of the molecule is CN(CC1C(CC(C)(C)C)NCC1c1cccc(Cl)c1F)c1cccc(Cl)c1. The van der Waals surface area contributed by atoms with Crippen LogP contribution in [0.1, 0.15) is 38.7 Å². The molecule has 28 heavy (non-hydrogen) atoms. The molecule has 0 amide bonds. The first kappa shape index (κ1) is 21.4. The van der Waals surface area contributed by atoms with E-state index in [4.69, 9.17) is 23.2 Å². The number of anilines is 1. The molecule has 0 bridgehead atoms. The standard InChI is InChI=1S/C23H29Cl2FN2/c1-23(2,3)12-21-19(14-28(4)16-8-5-7-15(24)11-16)18(13-27-21)17-9-6-10-20(25)22(17)26/h5-11,18-19,21,27H,12-14H2,1-4H3. The zero-order valence-corrected chi connectivity index (χ0v) is 18.5. The highest BCUT2D eigenvalue weighted by molar-refractivity contribution is 6.31. The topological polar surface area (TPSA) is 15.3 Å². The Hall–Kier alpha value is -1.29. The lowest BCUT2D eigenvalue weighted by Crippen LogP contribution is -2.38. The molecular weight excluding hydrogens is 394 g/mol. The minimum atomic E-state index is -0.289. The zero-order valence-electron chi connectivity index (χ0n) is 17.0. The largest absolute Gasteiger partial charge is 0.374 e. The molecule has 152 valence electrons. The Bertz CT molecular complexity index is 818. The fourth-order valence-electron chi connectivity index (χ4n) is 4.28. The van der Waals surface area contributed by atoms with E-state index in [9.17, 15) is 4.39 Å². The lowest BCUT2D eigenvalue weighted by Gasteiger charge is -2.33. The van der Waals surface area contributed by atoms with Crippen molar-refractivity contribution in [3.63, 3.8) is 0 Å². The van der Waals surface area contributed by atoms with Crippen LogP contribution in [0.3, 0.4) is 0 Å². The van der Waals surface area contributed by atoms with Crippen molar-refractivity contribution in [2.45, 2.75) is 39.2 Å². The van der Waals surface area contributed by atoms with E-state index in [-0.39, 0.29) is 28.1 Å². The lowest BCUT2D eigenvalue weighted by atomic mass is 9.78. The minimum Gasteiger partial charge on any atom is -0.374 e. The summed E-state index contributed by atoms with van der Waals surface area (Å²) in [6, 6.07) is 13.5. The molecule has 1 fully saturated rings. The van der Waals surface area contributed by atoms with Gasteiger partial charge < -0.3 is 10.2 Å². The van der Waals surface area contributed by atoms with E-state index in [2.05, 4.69) is 44.1 Å². The monoisotopic (exact) mass is 422 g/mol. The number of nitrogens with zero attached hydrogens (tertiary/aromatic N) is 1. The molecule has 0 aromatic heterocycles. The summed E-state index contributed by atoms with van der Waals surface area (Å²) in [6.07, 6.45) is 1.03. The van der Waals surface area contributed by atoms with Crippen LogP contribution < -0.4 is 10.2 Å². The van der Waals surface area contributed by atoms with Gasteiger partial charge in [-0.1, -0.05) is 62.2 Å². The van der Waals surface area contributed by atoms with Gasteiger partial charge >= 0.3 is 0 Å². The Balaban J connectivity index is 1.90. The smallest absolute Gasteiger partial charge is 0.145 e. The molecule has 3 rings (SSSR count). The molecule has 5 heteroatoms. The van der Waals surface area contributed by atoms with Crippen molar-refractivity contribution >= 4 is 28.9 Å². The summed E-state index contributed by atoms with van der Waals surface area (Å²) in [5.74, 6) is 0.0478. The second-order valence-electron chi connectivity index (χ2n) is 9.05. The number of benzene rings is 2. The Labute approximate surface area is 178 Å². The van der Waals surface area contributed by atoms with Crippen molar-refractivity contribution in [2.75, 3.05) is 25.0 Å². The number of halogens is 3. The summed E-state index contributed by atoms with van der Waals surface area (Å²) in [6.45, 7) is 8.32.